The summed E-state index contributed by atoms with van der Waals surface area (Å²) in [5, 5.41) is 3.09. The molecule has 1 aromatic carbocycles. The maximum absolute atomic E-state index is 13.3. The summed E-state index contributed by atoms with van der Waals surface area (Å²) in [5.41, 5.74) is 1.78. The number of halogens is 1. The Labute approximate surface area is 153 Å². The van der Waals surface area contributed by atoms with E-state index in [4.69, 9.17) is 0 Å². The third-order valence-electron chi connectivity index (χ3n) is 4.80. The zero-order chi connectivity index (χ0) is 18.4. The Morgan fingerprint density at radius 2 is 1.69 bits per heavy atom. The molecule has 6 heteroatoms. The van der Waals surface area contributed by atoms with E-state index in [0.29, 0.717) is 6.42 Å². The summed E-state index contributed by atoms with van der Waals surface area (Å²) in [6.45, 7) is 4.82. The molecule has 5 nitrogen and oxygen atoms in total. The first-order valence-corrected chi connectivity index (χ1v) is 8.97. The van der Waals surface area contributed by atoms with Gasteiger partial charge in [0.1, 0.15) is 5.82 Å². The van der Waals surface area contributed by atoms with Crippen LogP contribution < -0.4 is 5.32 Å². The fourth-order valence-electron chi connectivity index (χ4n) is 3.13. The van der Waals surface area contributed by atoms with Gasteiger partial charge < -0.3 is 15.1 Å². The van der Waals surface area contributed by atoms with E-state index >= 15 is 0 Å². The molecule has 1 aliphatic rings. The molecule has 2 heterocycles. The van der Waals surface area contributed by atoms with E-state index in [1.165, 1.54) is 12.1 Å². The molecule has 0 spiro atoms. The summed E-state index contributed by atoms with van der Waals surface area (Å²) < 4.78 is 13.3. The van der Waals surface area contributed by atoms with Crippen molar-refractivity contribution < 1.29 is 9.18 Å². The highest BCUT2D eigenvalue weighted by Crippen LogP contribution is 2.22. The number of nitrogens with zero attached hydrogens (tertiary/aromatic N) is 3. The lowest BCUT2D eigenvalue weighted by Gasteiger charge is -2.32. The molecule has 1 aliphatic heterocycles. The molecule has 0 saturated carbocycles. The molecule has 0 bridgehead atoms. The smallest absolute Gasteiger partial charge is 0.222 e. The normalized spacial score (nSPS) is 17.0. The molecule has 26 heavy (non-hydrogen) atoms. The van der Waals surface area contributed by atoms with Gasteiger partial charge in [-0.2, -0.15) is 0 Å². The van der Waals surface area contributed by atoms with Crippen LogP contribution in [-0.2, 0) is 4.79 Å². The van der Waals surface area contributed by atoms with Crippen molar-refractivity contribution in [2.75, 3.05) is 39.8 Å². The summed E-state index contributed by atoms with van der Waals surface area (Å²) in [5.74, 6) is -0.293. The van der Waals surface area contributed by atoms with Crippen LogP contribution in [0.3, 0.4) is 0 Å². The van der Waals surface area contributed by atoms with Crippen LogP contribution in [0.15, 0.2) is 48.8 Å². The van der Waals surface area contributed by atoms with Crippen molar-refractivity contribution >= 4 is 5.91 Å². The van der Waals surface area contributed by atoms with Crippen LogP contribution in [0.5, 0.6) is 0 Å². The molecule has 1 atom stereocenters. The lowest BCUT2D eigenvalue weighted by atomic mass is 9.99. The molecule has 3 rings (SSSR count). The fourth-order valence-corrected chi connectivity index (χ4v) is 3.13. The van der Waals surface area contributed by atoms with Gasteiger partial charge in [0.15, 0.2) is 0 Å². The predicted octanol–water partition coefficient (Wildman–Crippen LogP) is 2.06. The Balaban J connectivity index is 1.63. The first-order chi connectivity index (χ1) is 12.6. The summed E-state index contributed by atoms with van der Waals surface area (Å²) in [7, 11) is 2.12. The number of aromatic nitrogens is 1. The average Bonchev–Trinajstić information content (AvgIpc) is 2.67. The lowest BCUT2D eigenvalue weighted by Crippen LogP contribution is -2.45. The average molecular weight is 356 g/mol. The van der Waals surface area contributed by atoms with Crippen molar-refractivity contribution in [2.24, 2.45) is 0 Å². The molecule has 1 unspecified atom stereocenters. The zero-order valence-corrected chi connectivity index (χ0v) is 15.1. The molecule has 0 radical (unpaired) electrons. The highest BCUT2D eigenvalue weighted by atomic mass is 19.1. The Morgan fingerprint density at radius 3 is 2.35 bits per heavy atom. The van der Waals surface area contributed by atoms with Crippen molar-refractivity contribution in [1.29, 1.82) is 0 Å². The van der Waals surface area contributed by atoms with E-state index in [9.17, 15) is 9.18 Å². The van der Waals surface area contributed by atoms with Crippen molar-refractivity contribution in [3.8, 4) is 0 Å². The van der Waals surface area contributed by atoms with Crippen molar-refractivity contribution in [3.05, 3.63) is 65.7 Å². The summed E-state index contributed by atoms with van der Waals surface area (Å²) in [6, 6.07) is 9.68. The maximum Gasteiger partial charge on any atom is 0.222 e. The minimum absolute atomic E-state index is 0.00457. The van der Waals surface area contributed by atoms with Gasteiger partial charge in [0.25, 0.3) is 0 Å². The van der Waals surface area contributed by atoms with Crippen LogP contribution in [0.4, 0.5) is 4.39 Å². The van der Waals surface area contributed by atoms with Gasteiger partial charge in [0, 0.05) is 51.5 Å². The minimum atomic E-state index is -0.307. The zero-order valence-electron chi connectivity index (χ0n) is 15.1. The Hall–Kier alpha value is -2.31. The first kappa shape index (κ1) is 18.5. The maximum atomic E-state index is 13.3. The monoisotopic (exact) mass is 356 g/mol. The number of rotatable bonds is 6. The topological polar surface area (TPSA) is 48.5 Å². The van der Waals surface area contributed by atoms with Gasteiger partial charge in [-0.3, -0.25) is 9.78 Å². The lowest BCUT2D eigenvalue weighted by molar-refractivity contribution is -0.122. The van der Waals surface area contributed by atoms with E-state index in [1.807, 2.05) is 12.1 Å². The second kappa shape index (κ2) is 8.87. The number of benzene rings is 1. The SMILES string of the molecule is CN1CCN(CCC(=O)NC(c2ccncc2)c2ccc(F)cc2)CC1. The number of carbonyl (C=O) groups excluding carboxylic acids is 1. The van der Waals surface area contributed by atoms with E-state index in [2.05, 4.69) is 27.1 Å². The van der Waals surface area contributed by atoms with E-state index in [-0.39, 0.29) is 17.8 Å². The van der Waals surface area contributed by atoms with Crippen molar-refractivity contribution in [3.63, 3.8) is 0 Å². The molecule has 138 valence electrons. The van der Waals surface area contributed by atoms with E-state index in [1.54, 1.807) is 24.5 Å². The largest absolute Gasteiger partial charge is 0.345 e. The highest BCUT2D eigenvalue weighted by molar-refractivity contribution is 5.77. The van der Waals surface area contributed by atoms with Crippen LogP contribution in [0.1, 0.15) is 23.6 Å². The minimum Gasteiger partial charge on any atom is -0.345 e. The summed E-state index contributed by atoms with van der Waals surface area (Å²) in [6.07, 6.45) is 3.84. The van der Waals surface area contributed by atoms with Gasteiger partial charge in [-0.15, -0.1) is 0 Å². The van der Waals surface area contributed by atoms with Crippen molar-refractivity contribution in [2.45, 2.75) is 12.5 Å². The number of likely N-dealkylation sites (N-methyl/N-ethyl adjacent to an activating group) is 1. The first-order valence-electron chi connectivity index (χ1n) is 8.97. The molecule has 1 aromatic heterocycles. The second-order valence-electron chi connectivity index (χ2n) is 6.73. The van der Waals surface area contributed by atoms with E-state index < -0.39 is 0 Å². The second-order valence-corrected chi connectivity index (χ2v) is 6.73. The Bertz CT molecular complexity index is 700. The summed E-state index contributed by atoms with van der Waals surface area (Å²) in [4.78, 5) is 21.2. The fraction of sp³-hybridized carbons (Fsp3) is 0.400. The van der Waals surface area contributed by atoms with Crippen LogP contribution in [0.25, 0.3) is 0 Å². The molecule has 1 amide bonds. The molecule has 0 aliphatic carbocycles. The van der Waals surface area contributed by atoms with Crippen LogP contribution in [0.2, 0.25) is 0 Å². The number of nitrogens with one attached hydrogen (secondary N) is 1. The molecule has 1 fully saturated rings. The number of pyridine rings is 1. The Morgan fingerprint density at radius 1 is 1.08 bits per heavy atom. The van der Waals surface area contributed by atoms with Crippen molar-refractivity contribution in [1.82, 2.24) is 20.1 Å². The van der Waals surface area contributed by atoms with Gasteiger partial charge >= 0.3 is 0 Å². The molecular formula is C20H25FN4O. The number of amides is 1. The van der Waals surface area contributed by atoms with Crippen LogP contribution >= 0.6 is 0 Å². The van der Waals surface area contributed by atoms with Crippen LogP contribution in [-0.4, -0.2) is 60.5 Å². The molecule has 2 aromatic rings. The molecular weight excluding hydrogens is 331 g/mol. The van der Waals surface area contributed by atoms with E-state index in [0.717, 1.165) is 43.9 Å². The number of carbonyl (C=O) groups is 1. The molecule has 1 N–H and O–H groups in total. The number of hydrogen-bond acceptors (Lipinski definition) is 4. The predicted molar refractivity (Wildman–Crippen MR) is 99.2 cm³/mol. The highest BCUT2D eigenvalue weighted by Gasteiger charge is 2.19. The van der Waals surface area contributed by atoms with Crippen LogP contribution in [0, 0.1) is 5.82 Å². The standard InChI is InChI=1S/C20H25FN4O/c1-24-12-14-25(15-13-24)11-8-19(26)23-20(17-6-9-22-10-7-17)16-2-4-18(21)5-3-16/h2-7,9-10,20H,8,11-15H2,1H3,(H,23,26). The number of hydrogen-bond donors (Lipinski definition) is 1. The third-order valence-corrected chi connectivity index (χ3v) is 4.80. The van der Waals surface area contributed by atoms with Gasteiger partial charge in [0.05, 0.1) is 6.04 Å². The van der Waals surface area contributed by atoms with Gasteiger partial charge in [-0.25, -0.2) is 4.39 Å². The quantitative estimate of drug-likeness (QED) is 0.861. The van der Waals surface area contributed by atoms with Gasteiger partial charge in [-0.1, -0.05) is 12.1 Å². The molecule has 1 saturated heterocycles. The van der Waals surface area contributed by atoms with Gasteiger partial charge in [0.2, 0.25) is 5.91 Å². The number of piperazine rings is 1. The van der Waals surface area contributed by atoms with Gasteiger partial charge in [-0.05, 0) is 42.4 Å². The summed E-state index contributed by atoms with van der Waals surface area (Å²) >= 11 is 0. The Kier molecular flexibility index (Phi) is 6.30. The third kappa shape index (κ3) is 5.09.